The topological polar surface area (TPSA) is 55.1 Å². The summed E-state index contributed by atoms with van der Waals surface area (Å²) in [5.74, 6) is -0.469. The van der Waals surface area contributed by atoms with Gasteiger partial charge in [-0.25, -0.2) is 4.39 Å². The standard InChI is InChI=1S/C12H14BrFN2O/c13-10-3-2-9(14)6-8(10)7-16-11(17)12(15)4-1-5-12/h2-3,6H,1,4-5,7,15H2,(H,16,17). The fourth-order valence-corrected chi connectivity index (χ4v) is 2.20. The van der Waals surface area contributed by atoms with Gasteiger partial charge in [0.05, 0.1) is 5.54 Å². The molecule has 1 aromatic carbocycles. The lowest BCUT2D eigenvalue weighted by atomic mass is 9.77. The van der Waals surface area contributed by atoms with Gasteiger partial charge in [-0.05, 0) is 43.0 Å². The van der Waals surface area contributed by atoms with Crippen molar-refractivity contribution in [1.82, 2.24) is 5.32 Å². The minimum atomic E-state index is -0.709. The molecule has 0 atom stereocenters. The maximum Gasteiger partial charge on any atom is 0.240 e. The highest BCUT2D eigenvalue weighted by atomic mass is 79.9. The largest absolute Gasteiger partial charge is 0.350 e. The first kappa shape index (κ1) is 12.5. The molecule has 1 saturated carbocycles. The highest BCUT2D eigenvalue weighted by molar-refractivity contribution is 9.10. The number of rotatable bonds is 3. The van der Waals surface area contributed by atoms with E-state index >= 15 is 0 Å². The Bertz CT molecular complexity index is 446. The van der Waals surface area contributed by atoms with Gasteiger partial charge in [0.2, 0.25) is 5.91 Å². The summed E-state index contributed by atoms with van der Waals surface area (Å²) in [5.41, 5.74) is 5.88. The summed E-state index contributed by atoms with van der Waals surface area (Å²) in [6, 6.07) is 4.39. The molecule has 1 fully saturated rings. The van der Waals surface area contributed by atoms with Gasteiger partial charge in [-0.1, -0.05) is 15.9 Å². The predicted molar refractivity (Wildman–Crippen MR) is 66.7 cm³/mol. The highest BCUT2D eigenvalue weighted by Gasteiger charge is 2.39. The van der Waals surface area contributed by atoms with Crippen LogP contribution in [0.4, 0.5) is 4.39 Å². The molecule has 3 N–H and O–H groups in total. The Kier molecular flexibility index (Phi) is 3.49. The summed E-state index contributed by atoms with van der Waals surface area (Å²) < 4.78 is 13.8. The van der Waals surface area contributed by atoms with Crippen molar-refractivity contribution in [3.63, 3.8) is 0 Å². The van der Waals surface area contributed by atoms with Crippen LogP contribution in [0.5, 0.6) is 0 Å². The second-order valence-corrected chi connectivity index (χ2v) is 5.28. The molecule has 1 aromatic rings. The second kappa shape index (κ2) is 4.74. The Morgan fingerprint density at radius 3 is 2.82 bits per heavy atom. The minimum Gasteiger partial charge on any atom is -0.350 e. The fourth-order valence-electron chi connectivity index (χ4n) is 1.82. The van der Waals surface area contributed by atoms with Gasteiger partial charge in [-0.2, -0.15) is 0 Å². The lowest BCUT2D eigenvalue weighted by molar-refractivity contribution is -0.129. The molecule has 0 saturated heterocycles. The SMILES string of the molecule is NC1(C(=O)NCc2cc(F)ccc2Br)CCC1. The van der Waals surface area contributed by atoms with Gasteiger partial charge in [0, 0.05) is 11.0 Å². The van der Waals surface area contributed by atoms with Crippen LogP contribution >= 0.6 is 15.9 Å². The molecule has 3 nitrogen and oxygen atoms in total. The molecule has 1 amide bonds. The molecular formula is C12H14BrFN2O. The average molecular weight is 301 g/mol. The van der Waals surface area contributed by atoms with Gasteiger partial charge >= 0.3 is 0 Å². The predicted octanol–water partition coefficient (Wildman–Crippen LogP) is 2.09. The van der Waals surface area contributed by atoms with Crippen LogP contribution in [0.2, 0.25) is 0 Å². The van der Waals surface area contributed by atoms with E-state index in [-0.39, 0.29) is 18.3 Å². The van der Waals surface area contributed by atoms with Crippen LogP contribution in [-0.2, 0) is 11.3 Å². The van der Waals surface area contributed by atoms with Crippen molar-refractivity contribution >= 4 is 21.8 Å². The summed E-state index contributed by atoms with van der Waals surface area (Å²) in [7, 11) is 0. The zero-order chi connectivity index (χ0) is 12.5. The first-order valence-corrected chi connectivity index (χ1v) is 6.32. The minimum absolute atomic E-state index is 0.153. The Morgan fingerprint density at radius 1 is 1.53 bits per heavy atom. The van der Waals surface area contributed by atoms with Crippen LogP contribution in [0.25, 0.3) is 0 Å². The fraction of sp³-hybridized carbons (Fsp3) is 0.417. The number of hydrogen-bond acceptors (Lipinski definition) is 2. The van der Waals surface area contributed by atoms with E-state index in [9.17, 15) is 9.18 Å². The summed E-state index contributed by atoms with van der Waals surface area (Å²) in [6.45, 7) is 0.288. The van der Waals surface area contributed by atoms with Crippen molar-refractivity contribution in [3.8, 4) is 0 Å². The molecule has 0 bridgehead atoms. The Labute approximate surface area is 108 Å². The van der Waals surface area contributed by atoms with Gasteiger partial charge in [0.15, 0.2) is 0 Å². The van der Waals surface area contributed by atoms with Gasteiger partial charge in [-0.15, -0.1) is 0 Å². The second-order valence-electron chi connectivity index (χ2n) is 4.43. The van der Waals surface area contributed by atoms with Crippen molar-refractivity contribution in [2.75, 3.05) is 0 Å². The smallest absolute Gasteiger partial charge is 0.240 e. The van der Waals surface area contributed by atoms with Crippen LogP contribution in [0.3, 0.4) is 0 Å². The van der Waals surface area contributed by atoms with E-state index in [2.05, 4.69) is 21.2 Å². The van der Waals surface area contributed by atoms with Crippen molar-refractivity contribution < 1.29 is 9.18 Å². The summed E-state index contributed by atoms with van der Waals surface area (Å²) in [4.78, 5) is 11.8. The van der Waals surface area contributed by atoms with Crippen molar-refractivity contribution in [3.05, 3.63) is 34.1 Å². The van der Waals surface area contributed by atoms with Crippen LogP contribution in [0.1, 0.15) is 24.8 Å². The molecule has 0 heterocycles. The van der Waals surface area contributed by atoms with E-state index in [0.29, 0.717) is 5.56 Å². The van der Waals surface area contributed by atoms with Gasteiger partial charge in [-0.3, -0.25) is 4.79 Å². The van der Waals surface area contributed by atoms with Gasteiger partial charge in [0.25, 0.3) is 0 Å². The first-order chi connectivity index (χ1) is 8.01. The van der Waals surface area contributed by atoms with E-state index in [1.165, 1.54) is 12.1 Å². The lowest BCUT2D eigenvalue weighted by Crippen LogP contribution is -2.58. The molecule has 0 unspecified atom stereocenters. The van der Waals surface area contributed by atoms with Gasteiger partial charge < -0.3 is 11.1 Å². The molecule has 0 aliphatic heterocycles. The number of amides is 1. The third-order valence-corrected chi connectivity index (χ3v) is 3.92. The Hall–Kier alpha value is -0.940. The van der Waals surface area contributed by atoms with Crippen LogP contribution in [0, 0.1) is 5.82 Å². The average Bonchev–Trinajstić information content (AvgIpc) is 2.26. The van der Waals surface area contributed by atoms with E-state index in [0.717, 1.165) is 23.7 Å². The summed E-state index contributed by atoms with van der Waals surface area (Å²) in [5, 5.41) is 2.75. The number of halogens is 2. The van der Waals surface area contributed by atoms with Crippen molar-refractivity contribution in [1.29, 1.82) is 0 Å². The number of carbonyl (C=O) groups excluding carboxylic acids is 1. The van der Waals surface area contributed by atoms with E-state index in [1.54, 1.807) is 6.07 Å². The lowest BCUT2D eigenvalue weighted by Gasteiger charge is -2.36. The summed E-state index contributed by atoms with van der Waals surface area (Å²) >= 11 is 3.31. The van der Waals surface area contributed by atoms with Crippen LogP contribution in [-0.4, -0.2) is 11.4 Å². The number of benzene rings is 1. The number of nitrogens with two attached hydrogens (primary N) is 1. The van der Waals surface area contributed by atoms with Crippen LogP contribution < -0.4 is 11.1 Å². The first-order valence-electron chi connectivity index (χ1n) is 5.52. The maximum absolute atomic E-state index is 13.0. The Morgan fingerprint density at radius 2 is 2.24 bits per heavy atom. The molecule has 0 aromatic heterocycles. The zero-order valence-corrected chi connectivity index (χ0v) is 10.9. The molecule has 2 rings (SSSR count). The molecule has 0 radical (unpaired) electrons. The molecule has 92 valence electrons. The van der Waals surface area contributed by atoms with E-state index < -0.39 is 5.54 Å². The Balaban J connectivity index is 1.98. The number of nitrogens with one attached hydrogen (secondary N) is 1. The highest BCUT2D eigenvalue weighted by Crippen LogP contribution is 2.29. The zero-order valence-electron chi connectivity index (χ0n) is 9.30. The molecule has 0 spiro atoms. The number of hydrogen-bond donors (Lipinski definition) is 2. The third kappa shape index (κ3) is 2.66. The maximum atomic E-state index is 13.0. The monoisotopic (exact) mass is 300 g/mol. The number of carbonyl (C=O) groups is 1. The van der Waals surface area contributed by atoms with E-state index in [4.69, 9.17) is 5.73 Å². The molecule has 1 aliphatic carbocycles. The third-order valence-electron chi connectivity index (χ3n) is 3.15. The molecule has 1 aliphatic rings. The molecular weight excluding hydrogens is 287 g/mol. The van der Waals surface area contributed by atoms with Crippen molar-refractivity contribution in [2.24, 2.45) is 5.73 Å². The van der Waals surface area contributed by atoms with Crippen molar-refractivity contribution in [2.45, 2.75) is 31.3 Å². The quantitative estimate of drug-likeness (QED) is 0.898. The van der Waals surface area contributed by atoms with Crippen LogP contribution in [0.15, 0.2) is 22.7 Å². The summed E-state index contributed by atoms with van der Waals surface area (Å²) in [6.07, 6.45) is 2.44. The molecule has 17 heavy (non-hydrogen) atoms. The van der Waals surface area contributed by atoms with E-state index in [1.807, 2.05) is 0 Å². The molecule has 5 heteroatoms. The normalized spacial score (nSPS) is 17.4. The van der Waals surface area contributed by atoms with Gasteiger partial charge in [0.1, 0.15) is 5.82 Å².